The van der Waals surface area contributed by atoms with E-state index in [0.717, 1.165) is 0 Å². The summed E-state index contributed by atoms with van der Waals surface area (Å²) >= 11 is 5.83. The Balaban J connectivity index is 2.31. The molecule has 0 saturated heterocycles. The third-order valence-electron chi connectivity index (χ3n) is 2.73. The molecule has 1 aromatic carbocycles. The summed E-state index contributed by atoms with van der Waals surface area (Å²) in [4.78, 5) is 15.5. The monoisotopic (exact) mass is 273 g/mol. The number of hydrogen-bond acceptors (Lipinski definition) is 3. The van der Waals surface area contributed by atoms with Gasteiger partial charge in [0, 0.05) is 23.0 Å². The lowest BCUT2D eigenvalue weighted by molar-refractivity contribution is 0.0699. The van der Waals surface area contributed by atoms with Crippen molar-refractivity contribution in [3.63, 3.8) is 0 Å². The molecule has 0 unspecified atom stereocenters. The summed E-state index contributed by atoms with van der Waals surface area (Å²) in [6.45, 7) is 0. The van der Waals surface area contributed by atoms with E-state index in [0.29, 0.717) is 21.9 Å². The molecule has 0 aliphatic carbocycles. The van der Waals surface area contributed by atoms with Crippen molar-refractivity contribution in [3.8, 4) is 11.3 Å². The van der Waals surface area contributed by atoms with Crippen LogP contribution in [0.4, 0.5) is 0 Å². The molecule has 0 radical (unpaired) electrons. The average molecular weight is 274 g/mol. The minimum absolute atomic E-state index is 0.0860. The van der Waals surface area contributed by atoms with Crippen molar-refractivity contribution in [2.24, 2.45) is 0 Å². The second kappa shape index (κ2) is 4.37. The summed E-state index contributed by atoms with van der Waals surface area (Å²) in [5.74, 6) is -1.06. The molecule has 0 aliphatic heterocycles. The summed E-state index contributed by atoms with van der Waals surface area (Å²) in [6, 6.07) is 8.55. The number of carboxylic acid groups (broad SMARTS) is 1. The zero-order valence-electron chi connectivity index (χ0n) is 9.62. The van der Waals surface area contributed by atoms with Gasteiger partial charge in [-0.1, -0.05) is 23.7 Å². The summed E-state index contributed by atoms with van der Waals surface area (Å²) in [5, 5.41) is 14.2. The maximum Gasteiger partial charge on any atom is 0.341 e. The highest BCUT2D eigenvalue weighted by Gasteiger charge is 2.21. The minimum atomic E-state index is -1.06. The van der Waals surface area contributed by atoms with Crippen molar-refractivity contribution < 1.29 is 9.90 Å². The zero-order valence-corrected chi connectivity index (χ0v) is 10.4. The molecule has 0 aliphatic rings. The maximum atomic E-state index is 11.4. The van der Waals surface area contributed by atoms with E-state index in [9.17, 15) is 9.90 Å². The molecule has 3 rings (SSSR count). The standard InChI is InChI=1S/C13H8ClN3O2/c14-9-4-2-8(3-5-9)11-10(13(18)19)12-15-6-1-7-17(12)16-11/h1-7H,(H,18,19). The number of aromatic carboxylic acids is 1. The lowest BCUT2D eigenvalue weighted by Crippen LogP contribution is -1.99. The Labute approximate surface area is 113 Å². The molecule has 5 nitrogen and oxygen atoms in total. The Morgan fingerprint density at radius 3 is 2.68 bits per heavy atom. The zero-order chi connectivity index (χ0) is 13.4. The van der Waals surface area contributed by atoms with E-state index in [1.807, 2.05) is 0 Å². The molecule has 0 bridgehead atoms. The van der Waals surface area contributed by atoms with Crippen molar-refractivity contribution in [2.45, 2.75) is 0 Å². The fraction of sp³-hybridized carbons (Fsp3) is 0. The van der Waals surface area contributed by atoms with Gasteiger partial charge in [0.15, 0.2) is 5.65 Å². The third-order valence-corrected chi connectivity index (χ3v) is 2.98. The van der Waals surface area contributed by atoms with E-state index < -0.39 is 5.97 Å². The highest BCUT2D eigenvalue weighted by molar-refractivity contribution is 6.30. The summed E-state index contributed by atoms with van der Waals surface area (Å²) < 4.78 is 1.45. The van der Waals surface area contributed by atoms with Gasteiger partial charge >= 0.3 is 5.97 Å². The normalized spacial score (nSPS) is 10.8. The van der Waals surface area contributed by atoms with Gasteiger partial charge in [0.2, 0.25) is 0 Å². The predicted octanol–water partition coefficient (Wildman–Crippen LogP) is 2.75. The summed E-state index contributed by atoms with van der Waals surface area (Å²) in [7, 11) is 0. The Kier molecular flexibility index (Phi) is 2.68. The van der Waals surface area contributed by atoms with Crippen LogP contribution in [0.5, 0.6) is 0 Å². The first-order valence-corrected chi connectivity index (χ1v) is 5.87. The lowest BCUT2D eigenvalue weighted by Gasteiger charge is -1.98. The van der Waals surface area contributed by atoms with Crippen LogP contribution in [0.2, 0.25) is 5.02 Å². The van der Waals surface area contributed by atoms with Crippen LogP contribution >= 0.6 is 11.6 Å². The Morgan fingerprint density at radius 2 is 2.00 bits per heavy atom. The van der Waals surface area contributed by atoms with E-state index in [-0.39, 0.29) is 5.56 Å². The first-order valence-electron chi connectivity index (χ1n) is 5.49. The molecule has 0 spiro atoms. The Morgan fingerprint density at radius 1 is 1.26 bits per heavy atom. The topological polar surface area (TPSA) is 67.5 Å². The van der Waals surface area contributed by atoms with E-state index >= 15 is 0 Å². The lowest BCUT2D eigenvalue weighted by atomic mass is 10.1. The third kappa shape index (κ3) is 1.94. The van der Waals surface area contributed by atoms with Gasteiger partial charge in [-0.05, 0) is 18.2 Å². The Bertz CT molecular complexity index is 765. The van der Waals surface area contributed by atoms with Gasteiger partial charge in [0.25, 0.3) is 0 Å². The van der Waals surface area contributed by atoms with Gasteiger partial charge in [-0.3, -0.25) is 0 Å². The number of nitrogens with zero attached hydrogens (tertiary/aromatic N) is 3. The molecule has 0 amide bonds. The van der Waals surface area contributed by atoms with Crippen molar-refractivity contribution in [1.82, 2.24) is 14.6 Å². The molecule has 6 heteroatoms. The largest absolute Gasteiger partial charge is 0.477 e. The van der Waals surface area contributed by atoms with E-state index in [1.165, 1.54) is 10.7 Å². The maximum absolute atomic E-state index is 11.4. The fourth-order valence-electron chi connectivity index (χ4n) is 1.89. The Hall–Kier alpha value is -2.40. The second-order valence-electron chi connectivity index (χ2n) is 3.92. The van der Waals surface area contributed by atoms with Gasteiger partial charge in [-0.2, -0.15) is 5.10 Å². The van der Waals surface area contributed by atoms with Crippen LogP contribution in [0.15, 0.2) is 42.7 Å². The number of halogens is 1. The van der Waals surface area contributed by atoms with E-state index in [4.69, 9.17) is 11.6 Å². The summed E-state index contributed by atoms with van der Waals surface area (Å²) in [5.41, 5.74) is 1.47. The SMILES string of the molecule is O=C(O)c1c(-c2ccc(Cl)cc2)nn2cccnc12. The van der Waals surface area contributed by atoms with Crippen LogP contribution in [0, 0.1) is 0 Å². The molecular formula is C13H8ClN3O2. The smallest absolute Gasteiger partial charge is 0.341 e. The molecular weight excluding hydrogens is 266 g/mol. The van der Waals surface area contributed by atoms with Crippen molar-refractivity contribution in [2.75, 3.05) is 0 Å². The fourth-order valence-corrected chi connectivity index (χ4v) is 2.02. The number of rotatable bonds is 2. The van der Waals surface area contributed by atoms with E-state index in [2.05, 4.69) is 10.1 Å². The first kappa shape index (κ1) is 11.7. The molecule has 3 aromatic rings. The van der Waals surface area contributed by atoms with Gasteiger partial charge < -0.3 is 5.11 Å². The first-order chi connectivity index (χ1) is 9.16. The highest BCUT2D eigenvalue weighted by Crippen LogP contribution is 2.26. The molecule has 0 saturated carbocycles. The van der Waals surface area contributed by atoms with Crippen LogP contribution in [0.1, 0.15) is 10.4 Å². The van der Waals surface area contributed by atoms with Crippen LogP contribution in [-0.4, -0.2) is 25.7 Å². The van der Waals surface area contributed by atoms with Crippen LogP contribution < -0.4 is 0 Å². The van der Waals surface area contributed by atoms with Crippen LogP contribution in [-0.2, 0) is 0 Å². The van der Waals surface area contributed by atoms with Crippen molar-refractivity contribution in [3.05, 3.63) is 53.3 Å². The predicted molar refractivity (Wildman–Crippen MR) is 70.4 cm³/mol. The van der Waals surface area contributed by atoms with Crippen molar-refractivity contribution in [1.29, 1.82) is 0 Å². The molecule has 19 heavy (non-hydrogen) atoms. The average Bonchev–Trinajstić information content (AvgIpc) is 2.78. The molecule has 1 N–H and O–H groups in total. The second-order valence-corrected chi connectivity index (χ2v) is 4.36. The number of fused-ring (bicyclic) bond motifs is 1. The van der Waals surface area contributed by atoms with Gasteiger partial charge in [0.05, 0.1) is 0 Å². The number of aromatic nitrogens is 3. The minimum Gasteiger partial charge on any atom is -0.477 e. The van der Waals surface area contributed by atoms with Gasteiger partial charge in [-0.25, -0.2) is 14.3 Å². The number of carbonyl (C=O) groups is 1. The molecule has 2 aromatic heterocycles. The highest BCUT2D eigenvalue weighted by atomic mass is 35.5. The molecule has 2 heterocycles. The number of benzene rings is 1. The van der Waals surface area contributed by atoms with Crippen LogP contribution in [0.3, 0.4) is 0 Å². The molecule has 0 fully saturated rings. The van der Waals surface area contributed by atoms with Crippen LogP contribution in [0.25, 0.3) is 16.9 Å². The van der Waals surface area contributed by atoms with Gasteiger partial charge in [0.1, 0.15) is 11.3 Å². The number of carboxylic acids is 1. The van der Waals surface area contributed by atoms with Gasteiger partial charge in [-0.15, -0.1) is 0 Å². The number of hydrogen-bond donors (Lipinski definition) is 1. The molecule has 94 valence electrons. The molecule has 0 atom stereocenters. The van der Waals surface area contributed by atoms with E-state index in [1.54, 1.807) is 36.5 Å². The summed E-state index contributed by atoms with van der Waals surface area (Å²) in [6.07, 6.45) is 3.20. The quantitative estimate of drug-likeness (QED) is 0.779. The van der Waals surface area contributed by atoms with Crippen molar-refractivity contribution >= 4 is 23.2 Å².